The van der Waals surface area contributed by atoms with Gasteiger partial charge in [0.25, 0.3) is 5.91 Å². The third-order valence-electron chi connectivity index (χ3n) is 1.94. The number of carbonyl (C=O) groups is 4. The number of nitrogens with one attached hydrogen (secondary N) is 1. The zero-order valence-electron chi connectivity index (χ0n) is 9.60. The number of methoxy groups -OCH3 is 1. The molecule has 0 aliphatic carbocycles. The highest BCUT2D eigenvalue weighted by molar-refractivity contribution is 6.05. The maximum Gasteiger partial charge on any atom is 0.331 e. The third-order valence-corrected chi connectivity index (χ3v) is 1.94. The Kier molecular flexibility index (Phi) is 4.79. The van der Waals surface area contributed by atoms with Gasteiger partial charge in [0.1, 0.15) is 6.61 Å². The first kappa shape index (κ1) is 13.6. The molecule has 0 fully saturated rings. The molecule has 0 atom stereocenters. The predicted molar refractivity (Wildman–Crippen MR) is 58.0 cm³/mol. The van der Waals surface area contributed by atoms with Crippen molar-refractivity contribution in [1.29, 1.82) is 0 Å². The van der Waals surface area contributed by atoms with Crippen LogP contribution in [0.15, 0.2) is 23.8 Å². The maximum absolute atomic E-state index is 11.1. The van der Waals surface area contributed by atoms with Crippen molar-refractivity contribution in [2.24, 2.45) is 0 Å². The molecule has 0 aromatic rings. The summed E-state index contributed by atoms with van der Waals surface area (Å²) in [4.78, 5) is 43.8. The van der Waals surface area contributed by atoms with Crippen LogP contribution in [0.25, 0.3) is 0 Å². The molecule has 0 spiro atoms. The molecule has 0 aromatic heterocycles. The number of ether oxygens (including phenoxy) is 2. The Bertz CT molecular complexity index is 448. The molecule has 0 saturated heterocycles. The lowest BCUT2D eigenvalue weighted by molar-refractivity contribution is -0.139. The number of hydrogen-bond donors (Lipinski definition) is 1. The van der Waals surface area contributed by atoms with Crippen LogP contribution >= 0.6 is 0 Å². The third kappa shape index (κ3) is 4.60. The lowest BCUT2D eigenvalue weighted by Gasteiger charge is -2.11. The number of rotatable bonds is 4. The number of carbonyl (C=O) groups excluding carboxylic acids is 4. The van der Waals surface area contributed by atoms with Crippen LogP contribution in [0.4, 0.5) is 0 Å². The summed E-state index contributed by atoms with van der Waals surface area (Å²) in [5, 5.41) is 2.07. The highest BCUT2D eigenvalue weighted by Gasteiger charge is 2.16. The van der Waals surface area contributed by atoms with Gasteiger partial charge in [-0.3, -0.25) is 14.9 Å². The van der Waals surface area contributed by atoms with Crippen LogP contribution in [0.5, 0.6) is 0 Å². The summed E-state index contributed by atoms with van der Waals surface area (Å²) < 4.78 is 9.02. The second-order valence-electron chi connectivity index (χ2n) is 3.36. The van der Waals surface area contributed by atoms with Crippen LogP contribution in [0.3, 0.4) is 0 Å². The highest BCUT2D eigenvalue weighted by atomic mass is 16.5. The molecule has 7 heteroatoms. The molecule has 18 heavy (non-hydrogen) atoms. The summed E-state index contributed by atoms with van der Waals surface area (Å²) in [6.45, 7) is -0.177. The predicted octanol–water partition coefficient (Wildman–Crippen LogP) is -0.768. The number of esters is 2. The normalized spacial score (nSPS) is 15.1. The molecule has 1 aliphatic heterocycles. The van der Waals surface area contributed by atoms with Crippen molar-refractivity contribution in [3.8, 4) is 0 Å². The van der Waals surface area contributed by atoms with Crippen molar-refractivity contribution in [3.63, 3.8) is 0 Å². The molecule has 0 aromatic carbocycles. The molecule has 2 amide bonds. The molecular weight excluding hydrogens is 242 g/mol. The Labute approximate surface area is 102 Å². The zero-order chi connectivity index (χ0) is 13.5. The van der Waals surface area contributed by atoms with Crippen LogP contribution in [0.1, 0.15) is 6.42 Å². The fourth-order valence-corrected chi connectivity index (χ4v) is 1.17. The number of amides is 2. The lowest BCUT2D eigenvalue weighted by Crippen LogP contribution is -2.33. The summed E-state index contributed by atoms with van der Waals surface area (Å²) >= 11 is 0. The van der Waals surface area contributed by atoms with Gasteiger partial charge in [0.2, 0.25) is 5.91 Å². The van der Waals surface area contributed by atoms with Gasteiger partial charge in [0.05, 0.1) is 13.5 Å². The molecule has 0 bridgehead atoms. The molecule has 1 aliphatic rings. The van der Waals surface area contributed by atoms with Crippen LogP contribution < -0.4 is 5.32 Å². The van der Waals surface area contributed by atoms with E-state index in [0.29, 0.717) is 5.57 Å². The average molecular weight is 253 g/mol. The smallest absolute Gasteiger partial charge is 0.331 e. The van der Waals surface area contributed by atoms with Gasteiger partial charge in [0, 0.05) is 18.2 Å². The minimum atomic E-state index is -0.764. The fourth-order valence-electron chi connectivity index (χ4n) is 1.17. The van der Waals surface area contributed by atoms with E-state index in [1.54, 1.807) is 0 Å². The van der Waals surface area contributed by atoms with Gasteiger partial charge >= 0.3 is 11.9 Å². The van der Waals surface area contributed by atoms with E-state index in [4.69, 9.17) is 4.74 Å². The van der Waals surface area contributed by atoms with Crippen molar-refractivity contribution in [2.45, 2.75) is 6.42 Å². The van der Waals surface area contributed by atoms with Crippen LogP contribution in [0, 0.1) is 0 Å². The SMILES string of the molecule is COC(=O)/C=C/C(=O)OCC1=CC(=O)NC(=O)C1. The largest absolute Gasteiger partial charge is 0.466 e. The van der Waals surface area contributed by atoms with Gasteiger partial charge in [0.15, 0.2) is 0 Å². The Balaban J connectivity index is 2.43. The summed E-state index contributed by atoms with van der Waals surface area (Å²) in [5.41, 5.74) is 0.392. The van der Waals surface area contributed by atoms with Crippen molar-refractivity contribution in [1.82, 2.24) is 5.32 Å². The van der Waals surface area contributed by atoms with Crippen molar-refractivity contribution in [2.75, 3.05) is 13.7 Å². The highest BCUT2D eigenvalue weighted by Crippen LogP contribution is 2.06. The van der Waals surface area contributed by atoms with E-state index in [0.717, 1.165) is 12.2 Å². The lowest BCUT2D eigenvalue weighted by atomic mass is 10.1. The van der Waals surface area contributed by atoms with E-state index in [2.05, 4.69) is 10.1 Å². The van der Waals surface area contributed by atoms with Gasteiger partial charge in [-0.15, -0.1) is 0 Å². The first-order valence-corrected chi connectivity index (χ1v) is 4.97. The zero-order valence-corrected chi connectivity index (χ0v) is 9.60. The quantitative estimate of drug-likeness (QED) is 0.401. The summed E-state index contributed by atoms with van der Waals surface area (Å²) in [6.07, 6.45) is 3.00. The summed E-state index contributed by atoms with van der Waals surface area (Å²) in [7, 11) is 1.18. The number of hydrogen-bond acceptors (Lipinski definition) is 6. The molecular formula is C11H11NO6. The fraction of sp³-hybridized carbons (Fsp3) is 0.273. The average Bonchev–Trinajstić information content (AvgIpc) is 2.32. The molecule has 1 rings (SSSR count). The molecule has 1 N–H and O–H groups in total. The maximum atomic E-state index is 11.1. The number of imide groups is 1. The van der Waals surface area contributed by atoms with E-state index in [-0.39, 0.29) is 13.0 Å². The minimum absolute atomic E-state index is 0.000262. The van der Waals surface area contributed by atoms with Crippen molar-refractivity contribution >= 4 is 23.8 Å². The van der Waals surface area contributed by atoms with E-state index < -0.39 is 23.8 Å². The monoisotopic (exact) mass is 253 g/mol. The molecule has 0 saturated carbocycles. The Morgan fingerprint density at radius 1 is 1.33 bits per heavy atom. The van der Waals surface area contributed by atoms with E-state index in [1.807, 2.05) is 0 Å². The van der Waals surface area contributed by atoms with Gasteiger partial charge < -0.3 is 9.47 Å². The molecule has 0 radical (unpaired) electrons. The van der Waals surface area contributed by atoms with E-state index in [1.165, 1.54) is 13.2 Å². The van der Waals surface area contributed by atoms with Crippen LogP contribution in [-0.2, 0) is 28.7 Å². The van der Waals surface area contributed by atoms with Crippen molar-refractivity contribution < 1.29 is 28.7 Å². The Morgan fingerprint density at radius 3 is 2.61 bits per heavy atom. The topological polar surface area (TPSA) is 98.8 Å². The van der Waals surface area contributed by atoms with E-state index >= 15 is 0 Å². The van der Waals surface area contributed by atoms with Gasteiger partial charge in [-0.05, 0) is 5.57 Å². The molecule has 7 nitrogen and oxygen atoms in total. The molecule has 0 unspecified atom stereocenters. The second kappa shape index (κ2) is 6.33. The first-order valence-electron chi connectivity index (χ1n) is 4.97. The van der Waals surface area contributed by atoms with Crippen LogP contribution in [-0.4, -0.2) is 37.5 Å². The molecule has 96 valence electrons. The second-order valence-corrected chi connectivity index (χ2v) is 3.36. The van der Waals surface area contributed by atoms with E-state index in [9.17, 15) is 19.2 Å². The standard InChI is InChI=1S/C11H11NO6/c1-17-10(15)2-3-11(16)18-6-7-4-8(13)12-9(14)5-7/h2-4H,5-6H2,1H3,(H,12,13,14)/b3-2+. The van der Waals surface area contributed by atoms with Gasteiger partial charge in [-0.25, -0.2) is 9.59 Å². The van der Waals surface area contributed by atoms with Crippen molar-refractivity contribution in [3.05, 3.63) is 23.8 Å². The Morgan fingerprint density at radius 2 is 2.00 bits per heavy atom. The first-order chi connectivity index (χ1) is 8.51. The van der Waals surface area contributed by atoms with Crippen LogP contribution in [0.2, 0.25) is 0 Å². The van der Waals surface area contributed by atoms with Gasteiger partial charge in [-0.2, -0.15) is 0 Å². The molecule has 1 heterocycles. The van der Waals surface area contributed by atoms with Gasteiger partial charge in [-0.1, -0.05) is 0 Å². The minimum Gasteiger partial charge on any atom is -0.466 e. The Hall–Kier alpha value is -2.44. The summed E-state index contributed by atoms with van der Waals surface area (Å²) in [6, 6.07) is 0. The summed E-state index contributed by atoms with van der Waals surface area (Å²) in [5.74, 6) is -2.43.